The minimum absolute atomic E-state index is 0.0811. The van der Waals surface area contributed by atoms with Gasteiger partial charge in [0.1, 0.15) is 4.83 Å². The van der Waals surface area contributed by atoms with Crippen LogP contribution in [0.25, 0.3) is 10.2 Å². The van der Waals surface area contributed by atoms with Crippen molar-refractivity contribution in [2.24, 2.45) is 0 Å². The van der Waals surface area contributed by atoms with Gasteiger partial charge in [0.2, 0.25) is 5.91 Å². The van der Waals surface area contributed by atoms with Crippen molar-refractivity contribution in [3.63, 3.8) is 0 Å². The van der Waals surface area contributed by atoms with E-state index in [4.69, 9.17) is 11.6 Å². The second-order valence-electron chi connectivity index (χ2n) is 6.58. The Morgan fingerprint density at radius 2 is 2.07 bits per heavy atom. The number of hydrogen-bond acceptors (Lipinski definition) is 5. The molecule has 0 unspecified atom stereocenters. The van der Waals surface area contributed by atoms with Gasteiger partial charge in [0, 0.05) is 23.0 Å². The van der Waals surface area contributed by atoms with Gasteiger partial charge in [-0.25, -0.2) is 4.98 Å². The molecule has 3 rings (SSSR count). The van der Waals surface area contributed by atoms with E-state index in [1.807, 2.05) is 38.1 Å². The summed E-state index contributed by atoms with van der Waals surface area (Å²) in [5.41, 5.74) is 2.00. The molecule has 0 spiro atoms. The maximum Gasteiger partial charge on any atom is 0.263 e. The van der Waals surface area contributed by atoms with Crippen LogP contribution in [-0.4, -0.2) is 27.8 Å². The Labute approximate surface area is 182 Å². The first-order valence-corrected chi connectivity index (χ1v) is 11.3. The Kier molecular flexibility index (Phi) is 7.16. The number of fused-ring (bicyclic) bond motifs is 1. The van der Waals surface area contributed by atoms with Gasteiger partial charge in [0.15, 0.2) is 5.16 Å². The molecule has 8 heteroatoms. The molecule has 5 nitrogen and oxygen atoms in total. The third-order valence-corrected chi connectivity index (χ3v) is 6.88. The molecule has 0 saturated carbocycles. The van der Waals surface area contributed by atoms with Gasteiger partial charge in [-0.3, -0.25) is 14.2 Å². The number of thiophene rings is 1. The van der Waals surface area contributed by atoms with Crippen molar-refractivity contribution < 1.29 is 4.79 Å². The molecule has 0 fully saturated rings. The van der Waals surface area contributed by atoms with Crippen molar-refractivity contribution in [1.29, 1.82) is 0 Å². The van der Waals surface area contributed by atoms with E-state index in [0.717, 1.165) is 27.3 Å². The van der Waals surface area contributed by atoms with E-state index in [2.05, 4.69) is 16.9 Å². The van der Waals surface area contributed by atoms with E-state index in [-0.39, 0.29) is 17.2 Å². The van der Waals surface area contributed by atoms with Crippen LogP contribution >= 0.6 is 34.7 Å². The van der Waals surface area contributed by atoms with Crippen molar-refractivity contribution >= 4 is 50.8 Å². The van der Waals surface area contributed by atoms with Crippen LogP contribution in [0.2, 0.25) is 5.02 Å². The van der Waals surface area contributed by atoms with Crippen molar-refractivity contribution in [2.75, 3.05) is 12.3 Å². The molecule has 2 heterocycles. The fourth-order valence-electron chi connectivity index (χ4n) is 2.89. The number of carbonyl (C=O) groups is 1. The molecule has 0 aliphatic rings. The summed E-state index contributed by atoms with van der Waals surface area (Å²) in [4.78, 5) is 31.6. The van der Waals surface area contributed by atoms with Crippen molar-refractivity contribution in [1.82, 2.24) is 14.9 Å². The molecule has 1 amide bonds. The zero-order valence-corrected chi connectivity index (χ0v) is 18.7. The fraction of sp³-hybridized carbons (Fsp3) is 0.286. The lowest BCUT2D eigenvalue weighted by Crippen LogP contribution is -2.28. The van der Waals surface area contributed by atoms with Gasteiger partial charge in [-0.05, 0) is 43.5 Å². The quantitative estimate of drug-likeness (QED) is 0.316. The van der Waals surface area contributed by atoms with Gasteiger partial charge < -0.3 is 5.32 Å². The highest BCUT2D eigenvalue weighted by Gasteiger charge is 2.17. The SMILES string of the molecule is C=CCn1c(SCC(=O)NCCc2ccc(Cl)cc2)nc2sc(C)c(C)c2c1=O. The largest absolute Gasteiger partial charge is 0.355 e. The summed E-state index contributed by atoms with van der Waals surface area (Å²) in [6.45, 7) is 8.56. The molecule has 0 bridgehead atoms. The predicted octanol–water partition coefficient (Wildman–Crippen LogP) is 4.37. The standard InChI is InChI=1S/C21H22ClN3O2S2/c1-4-11-25-20(27)18-13(2)14(3)29-19(18)24-21(25)28-12-17(26)23-10-9-15-5-7-16(22)8-6-15/h4-8H,1,9-12H2,2-3H3,(H,23,26). The topological polar surface area (TPSA) is 64.0 Å². The first kappa shape index (κ1) is 21.6. The summed E-state index contributed by atoms with van der Waals surface area (Å²) in [5.74, 6) is 0.0981. The minimum Gasteiger partial charge on any atom is -0.355 e. The second-order valence-corrected chi connectivity index (χ2v) is 9.16. The number of allylic oxidation sites excluding steroid dienone is 1. The van der Waals surface area contributed by atoms with E-state index >= 15 is 0 Å². The van der Waals surface area contributed by atoms with Crippen LogP contribution in [0.4, 0.5) is 0 Å². The van der Waals surface area contributed by atoms with Crippen LogP contribution in [0.1, 0.15) is 16.0 Å². The lowest BCUT2D eigenvalue weighted by Gasteiger charge is -2.10. The number of thioether (sulfide) groups is 1. The minimum atomic E-state index is -0.0954. The monoisotopic (exact) mass is 447 g/mol. The first-order valence-electron chi connectivity index (χ1n) is 9.16. The van der Waals surface area contributed by atoms with Gasteiger partial charge in [-0.15, -0.1) is 17.9 Å². The highest BCUT2D eigenvalue weighted by atomic mass is 35.5. The maximum absolute atomic E-state index is 12.9. The third-order valence-electron chi connectivity index (χ3n) is 4.55. The van der Waals surface area contributed by atoms with Gasteiger partial charge in [-0.2, -0.15) is 0 Å². The van der Waals surface area contributed by atoms with Crippen LogP contribution in [0.15, 0.2) is 46.9 Å². The summed E-state index contributed by atoms with van der Waals surface area (Å²) in [6, 6.07) is 7.56. The summed E-state index contributed by atoms with van der Waals surface area (Å²) in [7, 11) is 0. The lowest BCUT2D eigenvalue weighted by molar-refractivity contribution is -0.118. The fourth-order valence-corrected chi connectivity index (χ4v) is 4.92. The van der Waals surface area contributed by atoms with Crippen LogP contribution in [0, 0.1) is 13.8 Å². The van der Waals surface area contributed by atoms with Gasteiger partial charge in [0.05, 0.1) is 11.1 Å². The molecular weight excluding hydrogens is 426 g/mol. The Balaban J connectivity index is 1.66. The molecule has 0 radical (unpaired) electrons. The van der Waals surface area contributed by atoms with Crippen molar-refractivity contribution in [3.8, 4) is 0 Å². The predicted molar refractivity (Wildman–Crippen MR) is 122 cm³/mol. The molecule has 1 N–H and O–H groups in total. The third kappa shape index (κ3) is 5.10. The highest BCUT2D eigenvalue weighted by Crippen LogP contribution is 2.28. The number of aromatic nitrogens is 2. The molecular formula is C21H22ClN3O2S2. The van der Waals surface area contributed by atoms with Gasteiger partial charge in [0.25, 0.3) is 5.56 Å². The number of carbonyl (C=O) groups excluding carboxylic acids is 1. The molecule has 0 aliphatic heterocycles. The molecule has 0 atom stereocenters. The average Bonchev–Trinajstić information content (AvgIpc) is 2.98. The highest BCUT2D eigenvalue weighted by molar-refractivity contribution is 7.99. The summed E-state index contributed by atoms with van der Waals surface area (Å²) < 4.78 is 1.58. The Bertz CT molecular complexity index is 1100. The van der Waals surface area contributed by atoms with E-state index in [1.165, 1.54) is 23.1 Å². The zero-order chi connectivity index (χ0) is 21.0. The molecule has 0 aliphatic carbocycles. The summed E-state index contributed by atoms with van der Waals surface area (Å²) in [5, 5.41) is 4.80. The van der Waals surface area contributed by atoms with E-state index < -0.39 is 0 Å². The average molecular weight is 448 g/mol. The number of amides is 1. The van der Waals surface area contributed by atoms with Gasteiger partial charge in [-0.1, -0.05) is 41.6 Å². The normalized spacial score (nSPS) is 11.0. The van der Waals surface area contributed by atoms with Crippen LogP contribution in [0.3, 0.4) is 0 Å². The van der Waals surface area contributed by atoms with Gasteiger partial charge >= 0.3 is 0 Å². The van der Waals surface area contributed by atoms with Crippen molar-refractivity contribution in [3.05, 3.63) is 68.3 Å². The maximum atomic E-state index is 12.9. The summed E-state index contributed by atoms with van der Waals surface area (Å²) in [6.07, 6.45) is 2.40. The Hall–Kier alpha value is -2.09. The molecule has 1 aromatic carbocycles. The number of hydrogen-bond donors (Lipinski definition) is 1. The number of rotatable bonds is 8. The number of nitrogens with one attached hydrogen (secondary N) is 1. The Morgan fingerprint density at radius 3 is 2.76 bits per heavy atom. The van der Waals surface area contributed by atoms with E-state index in [0.29, 0.717) is 28.7 Å². The molecule has 2 aromatic heterocycles. The number of nitrogens with zero attached hydrogens (tertiary/aromatic N) is 2. The summed E-state index contributed by atoms with van der Waals surface area (Å²) >= 11 is 8.66. The molecule has 29 heavy (non-hydrogen) atoms. The molecule has 0 saturated heterocycles. The smallest absolute Gasteiger partial charge is 0.263 e. The van der Waals surface area contributed by atoms with E-state index in [9.17, 15) is 9.59 Å². The zero-order valence-electron chi connectivity index (χ0n) is 16.3. The van der Waals surface area contributed by atoms with E-state index in [1.54, 1.807) is 10.6 Å². The molecule has 3 aromatic rings. The van der Waals surface area contributed by atoms with Crippen molar-refractivity contribution in [2.45, 2.75) is 32.0 Å². The second kappa shape index (κ2) is 9.61. The number of aryl methyl sites for hydroxylation is 2. The Morgan fingerprint density at radius 1 is 1.34 bits per heavy atom. The molecule has 152 valence electrons. The lowest BCUT2D eigenvalue weighted by atomic mass is 10.1. The number of halogens is 1. The van der Waals surface area contributed by atoms with Crippen LogP contribution < -0.4 is 10.9 Å². The van der Waals surface area contributed by atoms with Crippen LogP contribution in [0.5, 0.6) is 0 Å². The van der Waals surface area contributed by atoms with Crippen LogP contribution in [-0.2, 0) is 17.8 Å². The number of benzene rings is 1. The first-order chi connectivity index (χ1) is 13.9.